The number of aromatic nitrogens is 3. The summed E-state index contributed by atoms with van der Waals surface area (Å²) in [6.45, 7) is 5.49. The first-order valence-corrected chi connectivity index (χ1v) is 7.50. The molecule has 0 spiro atoms. The Bertz CT molecular complexity index is 867. The van der Waals surface area contributed by atoms with Gasteiger partial charge in [-0.2, -0.15) is 5.10 Å². The predicted octanol–water partition coefficient (Wildman–Crippen LogP) is 3.11. The lowest BCUT2D eigenvalue weighted by Crippen LogP contribution is -2.27. The molecule has 0 aliphatic rings. The second-order valence-electron chi connectivity index (χ2n) is 5.59. The van der Waals surface area contributed by atoms with E-state index in [0.29, 0.717) is 5.76 Å². The molecule has 6 nitrogen and oxygen atoms in total. The van der Waals surface area contributed by atoms with E-state index in [1.165, 1.54) is 12.1 Å². The molecule has 1 aromatic carbocycles. The van der Waals surface area contributed by atoms with Gasteiger partial charge in [0.2, 0.25) is 0 Å². The summed E-state index contributed by atoms with van der Waals surface area (Å²) in [5.41, 5.74) is 2.73. The summed E-state index contributed by atoms with van der Waals surface area (Å²) in [6.07, 6.45) is 1.69. The molecule has 0 fully saturated rings. The molecular formula is C17H17FN4O2. The molecule has 3 rings (SSSR count). The highest BCUT2D eigenvalue weighted by molar-refractivity contribution is 5.92. The van der Waals surface area contributed by atoms with Gasteiger partial charge in [0.05, 0.1) is 17.9 Å². The summed E-state index contributed by atoms with van der Waals surface area (Å²) in [5.74, 6) is -0.0336. The maximum atomic E-state index is 13.1. The third-order valence-electron chi connectivity index (χ3n) is 3.79. The molecule has 3 aromatic rings. The van der Waals surface area contributed by atoms with Crippen molar-refractivity contribution in [3.05, 3.63) is 65.1 Å². The molecule has 0 aliphatic carbocycles. The van der Waals surface area contributed by atoms with Gasteiger partial charge in [-0.05, 0) is 45.0 Å². The maximum absolute atomic E-state index is 13.1. The van der Waals surface area contributed by atoms with Crippen LogP contribution >= 0.6 is 0 Å². The number of rotatable bonds is 4. The van der Waals surface area contributed by atoms with Crippen LogP contribution in [0.1, 0.15) is 40.5 Å². The van der Waals surface area contributed by atoms with E-state index in [1.807, 2.05) is 13.8 Å². The van der Waals surface area contributed by atoms with E-state index in [2.05, 4.69) is 15.6 Å². The summed E-state index contributed by atoms with van der Waals surface area (Å²) in [4.78, 5) is 12.2. The van der Waals surface area contributed by atoms with Crippen molar-refractivity contribution in [2.75, 3.05) is 0 Å². The largest absolute Gasteiger partial charge is 0.361 e. The lowest BCUT2D eigenvalue weighted by atomic mass is 10.1. The van der Waals surface area contributed by atoms with Gasteiger partial charge in [0.25, 0.3) is 5.91 Å². The van der Waals surface area contributed by atoms with Crippen molar-refractivity contribution < 1.29 is 13.7 Å². The Kier molecular flexibility index (Phi) is 4.16. The number of aryl methyl sites for hydroxylation is 1. The average molecular weight is 328 g/mol. The first-order chi connectivity index (χ1) is 11.5. The summed E-state index contributed by atoms with van der Waals surface area (Å²) in [7, 11) is 0. The topological polar surface area (TPSA) is 73.0 Å². The van der Waals surface area contributed by atoms with E-state index in [9.17, 15) is 9.18 Å². The van der Waals surface area contributed by atoms with Crippen molar-refractivity contribution in [2.24, 2.45) is 0 Å². The minimum absolute atomic E-state index is 0.239. The molecular weight excluding hydrogens is 311 g/mol. The molecule has 1 N–H and O–H groups in total. The van der Waals surface area contributed by atoms with Crippen LogP contribution in [0.25, 0.3) is 5.69 Å². The lowest BCUT2D eigenvalue weighted by Gasteiger charge is -2.13. The van der Waals surface area contributed by atoms with Crippen molar-refractivity contribution in [1.29, 1.82) is 0 Å². The molecule has 7 heteroatoms. The van der Waals surface area contributed by atoms with Crippen LogP contribution in [-0.4, -0.2) is 20.8 Å². The molecule has 2 heterocycles. The van der Waals surface area contributed by atoms with Crippen molar-refractivity contribution in [1.82, 2.24) is 20.3 Å². The Balaban J connectivity index is 1.79. The molecule has 24 heavy (non-hydrogen) atoms. The Hall–Kier alpha value is -2.96. The van der Waals surface area contributed by atoms with Crippen LogP contribution in [0.2, 0.25) is 0 Å². The molecule has 1 atom stereocenters. The number of nitrogens with one attached hydrogen (secondary N) is 1. The number of carbonyl (C=O) groups excluding carboxylic acids is 1. The Morgan fingerprint density at radius 2 is 2.00 bits per heavy atom. The fraction of sp³-hybridized carbons (Fsp3) is 0.235. The number of hydrogen-bond donors (Lipinski definition) is 1. The van der Waals surface area contributed by atoms with Crippen molar-refractivity contribution in [2.45, 2.75) is 26.8 Å². The highest BCUT2D eigenvalue weighted by Crippen LogP contribution is 2.20. The predicted molar refractivity (Wildman–Crippen MR) is 85.4 cm³/mol. The lowest BCUT2D eigenvalue weighted by molar-refractivity contribution is 0.0930. The Labute approximate surface area is 138 Å². The van der Waals surface area contributed by atoms with Gasteiger partial charge in [-0.25, -0.2) is 9.07 Å². The fourth-order valence-corrected chi connectivity index (χ4v) is 2.51. The van der Waals surface area contributed by atoms with Gasteiger partial charge in [-0.15, -0.1) is 0 Å². The smallest absolute Gasteiger partial charge is 0.273 e. The number of carbonyl (C=O) groups is 1. The minimum atomic E-state index is -0.312. The molecule has 124 valence electrons. The molecule has 1 amide bonds. The fourth-order valence-electron chi connectivity index (χ4n) is 2.51. The Morgan fingerprint density at radius 3 is 2.62 bits per heavy atom. The quantitative estimate of drug-likeness (QED) is 0.799. The van der Waals surface area contributed by atoms with Gasteiger partial charge in [-0.1, -0.05) is 5.16 Å². The highest BCUT2D eigenvalue weighted by Gasteiger charge is 2.19. The van der Waals surface area contributed by atoms with Crippen LogP contribution in [0.15, 0.2) is 41.1 Å². The summed E-state index contributed by atoms with van der Waals surface area (Å²) >= 11 is 0. The SMILES string of the molecule is Cc1cc(C(=O)NC(C)c2cnn(-c3ccc(F)cc3)c2C)no1. The van der Waals surface area contributed by atoms with Crippen LogP contribution < -0.4 is 5.32 Å². The Morgan fingerprint density at radius 1 is 1.29 bits per heavy atom. The van der Waals surface area contributed by atoms with E-state index in [1.54, 1.807) is 36.0 Å². The zero-order valence-corrected chi connectivity index (χ0v) is 13.6. The summed E-state index contributed by atoms with van der Waals surface area (Å²) in [5, 5.41) is 10.9. The molecule has 0 saturated carbocycles. The average Bonchev–Trinajstić information content (AvgIpc) is 3.14. The number of nitrogens with zero attached hydrogens (tertiary/aromatic N) is 3. The summed E-state index contributed by atoms with van der Waals surface area (Å²) in [6, 6.07) is 7.39. The van der Waals surface area contributed by atoms with E-state index in [0.717, 1.165) is 16.9 Å². The van der Waals surface area contributed by atoms with Gasteiger partial charge in [0.1, 0.15) is 11.6 Å². The van der Waals surface area contributed by atoms with Crippen LogP contribution in [0.5, 0.6) is 0 Å². The van der Waals surface area contributed by atoms with Crippen LogP contribution in [0.4, 0.5) is 4.39 Å². The van der Waals surface area contributed by atoms with Crippen molar-refractivity contribution in [3.63, 3.8) is 0 Å². The van der Waals surface area contributed by atoms with Gasteiger partial charge in [0, 0.05) is 17.3 Å². The van der Waals surface area contributed by atoms with Gasteiger partial charge in [0.15, 0.2) is 5.69 Å². The third kappa shape index (κ3) is 3.05. The molecule has 0 aliphatic heterocycles. The molecule has 1 unspecified atom stereocenters. The van der Waals surface area contributed by atoms with Gasteiger partial charge < -0.3 is 9.84 Å². The standard InChI is InChI=1S/C17H17FN4O2/c1-10-8-16(21-24-10)17(23)20-11(2)15-9-19-22(12(15)3)14-6-4-13(18)5-7-14/h4-9,11H,1-3H3,(H,20,23). The van der Waals surface area contributed by atoms with Crippen LogP contribution in [-0.2, 0) is 0 Å². The molecule has 0 radical (unpaired) electrons. The van der Waals surface area contributed by atoms with E-state index in [-0.39, 0.29) is 23.5 Å². The second kappa shape index (κ2) is 6.27. The molecule has 0 bridgehead atoms. The van der Waals surface area contributed by atoms with Crippen LogP contribution in [0.3, 0.4) is 0 Å². The maximum Gasteiger partial charge on any atom is 0.273 e. The van der Waals surface area contributed by atoms with Crippen molar-refractivity contribution in [3.8, 4) is 5.69 Å². The van der Waals surface area contributed by atoms with E-state index < -0.39 is 0 Å². The number of benzene rings is 1. The number of amides is 1. The van der Waals surface area contributed by atoms with E-state index >= 15 is 0 Å². The van der Waals surface area contributed by atoms with Gasteiger partial charge in [-0.3, -0.25) is 4.79 Å². The first-order valence-electron chi connectivity index (χ1n) is 7.50. The molecule has 2 aromatic heterocycles. The number of halogens is 1. The first kappa shape index (κ1) is 15.9. The third-order valence-corrected chi connectivity index (χ3v) is 3.79. The van der Waals surface area contributed by atoms with Crippen LogP contribution in [0, 0.1) is 19.7 Å². The zero-order valence-electron chi connectivity index (χ0n) is 13.6. The normalized spacial score (nSPS) is 12.2. The zero-order chi connectivity index (χ0) is 17.3. The minimum Gasteiger partial charge on any atom is -0.361 e. The number of hydrogen-bond acceptors (Lipinski definition) is 4. The monoisotopic (exact) mass is 328 g/mol. The second-order valence-corrected chi connectivity index (χ2v) is 5.59. The highest BCUT2D eigenvalue weighted by atomic mass is 19.1. The van der Waals surface area contributed by atoms with E-state index in [4.69, 9.17) is 4.52 Å². The molecule has 0 saturated heterocycles. The van der Waals surface area contributed by atoms with Gasteiger partial charge >= 0.3 is 0 Å². The van der Waals surface area contributed by atoms with Crippen molar-refractivity contribution >= 4 is 5.91 Å². The summed E-state index contributed by atoms with van der Waals surface area (Å²) < 4.78 is 19.7.